The van der Waals surface area contributed by atoms with Crippen LogP contribution in [0.5, 0.6) is 0 Å². The van der Waals surface area contributed by atoms with Crippen LogP contribution in [-0.4, -0.2) is 12.3 Å². The van der Waals surface area contributed by atoms with E-state index in [0.717, 1.165) is 23.3 Å². The molecule has 2 heteroatoms. The lowest BCUT2D eigenvalue weighted by Crippen LogP contribution is -2.10. The number of hydrazone groups is 1. The fourth-order valence-corrected chi connectivity index (χ4v) is 2.34. The van der Waals surface area contributed by atoms with Crippen molar-refractivity contribution in [3.8, 4) is 11.1 Å². The maximum Gasteiger partial charge on any atom is 0.0902 e. The highest BCUT2D eigenvalue weighted by atomic mass is 15.3. The Morgan fingerprint density at radius 1 is 1.17 bits per heavy atom. The molecule has 0 fully saturated rings. The largest absolute Gasteiger partial charge is 0.305 e. The van der Waals surface area contributed by atoms with E-state index in [0.29, 0.717) is 6.54 Å². The number of allylic oxidation sites excluding steroid dienone is 1. The van der Waals surface area contributed by atoms with E-state index in [-0.39, 0.29) is 0 Å². The van der Waals surface area contributed by atoms with Gasteiger partial charge in [-0.3, -0.25) is 0 Å². The van der Waals surface area contributed by atoms with Crippen LogP contribution in [0.2, 0.25) is 0 Å². The minimum absolute atomic E-state index is 0.591. The third kappa shape index (κ3) is 4.32. The normalized spacial score (nSPS) is 10.7. The number of nitrogens with zero attached hydrogens (tertiary/aromatic N) is 1. The van der Waals surface area contributed by atoms with Gasteiger partial charge in [0.2, 0.25) is 0 Å². The molecule has 1 N–H and O–H groups in total. The Kier molecular flexibility index (Phi) is 6.17. The van der Waals surface area contributed by atoms with Crippen molar-refractivity contribution in [2.45, 2.75) is 13.3 Å². The molecule has 0 aromatic heterocycles. The Labute approximate surface area is 138 Å². The van der Waals surface area contributed by atoms with Gasteiger partial charge < -0.3 is 5.43 Å². The molecule has 0 atom stereocenters. The molecule has 0 aliphatic rings. The molecule has 2 aromatic rings. The van der Waals surface area contributed by atoms with E-state index in [1.165, 1.54) is 11.1 Å². The van der Waals surface area contributed by atoms with Crippen LogP contribution < -0.4 is 5.43 Å². The molecular weight excluding hydrogens is 280 g/mol. The molecular formula is C21H22N2. The van der Waals surface area contributed by atoms with E-state index in [2.05, 4.69) is 72.7 Å². The summed E-state index contributed by atoms with van der Waals surface area (Å²) in [6.45, 7) is 10.2. The molecule has 23 heavy (non-hydrogen) atoms. The van der Waals surface area contributed by atoms with Crippen LogP contribution in [0, 0.1) is 0 Å². The first-order valence-corrected chi connectivity index (χ1v) is 7.76. The van der Waals surface area contributed by atoms with E-state index < -0.39 is 0 Å². The summed E-state index contributed by atoms with van der Waals surface area (Å²) in [5, 5.41) is 4.42. The van der Waals surface area contributed by atoms with E-state index in [4.69, 9.17) is 0 Å². The maximum atomic E-state index is 4.42. The number of hydrogen-bond donors (Lipinski definition) is 1. The summed E-state index contributed by atoms with van der Waals surface area (Å²) in [5.41, 5.74) is 11.2. The van der Waals surface area contributed by atoms with Gasteiger partial charge in [0.05, 0.1) is 12.3 Å². The van der Waals surface area contributed by atoms with Gasteiger partial charge in [-0.15, -0.1) is 5.73 Å². The molecule has 2 aromatic carbocycles. The van der Waals surface area contributed by atoms with Gasteiger partial charge in [0.25, 0.3) is 0 Å². The highest BCUT2D eigenvalue weighted by Gasteiger charge is 2.08. The zero-order valence-electron chi connectivity index (χ0n) is 13.5. The lowest BCUT2D eigenvalue weighted by molar-refractivity contribution is 0.828. The lowest BCUT2D eigenvalue weighted by Gasteiger charge is -2.11. The summed E-state index contributed by atoms with van der Waals surface area (Å²) in [6.07, 6.45) is 4.60. The molecule has 0 amide bonds. The number of rotatable bonds is 7. The summed E-state index contributed by atoms with van der Waals surface area (Å²) < 4.78 is 0. The highest BCUT2D eigenvalue weighted by molar-refractivity contribution is 6.12. The first-order chi connectivity index (χ1) is 11.3. The monoisotopic (exact) mass is 302 g/mol. The van der Waals surface area contributed by atoms with Crippen LogP contribution in [0.1, 0.15) is 18.1 Å². The third-order valence-electron chi connectivity index (χ3n) is 3.61. The minimum Gasteiger partial charge on any atom is -0.305 e. The Morgan fingerprint density at radius 3 is 2.57 bits per heavy atom. The molecule has 2 rings (SSSR count). The first-order valence-electron chi connectivity index (χ1n) is 7.76. The SMILES string of the molecule is C=C=CCN/N=C(\C=C)c1ccccc1-c1ccc(CC)cc1. The molecule has 116 valence electrons. The van der Waals surface area contributed by atoms with Gasteiger partial charge >= 0.3 is 0 Å². The van der Waals surface area contributed by atoms with Crippen molar-refractivity contribution in [2.24, 2.45) is 5.10 Å². The molecule has 0 bridgehead atoms. The van der Waals surface area contributed by atoms with Gasteiger partial charge in [0.15, 0.2) is 0 Å². The second-order valence-electron chi connectivity index (χ2n) is 5.07. The van der Waals surface area contributed by atoms with Crippen molar-refractivity contribution in [3.63, 3.8) is 0 Å². The lowest BCUT2D eigenvalue weighted by atomic mass is 9.95. The zero-order chi connectivity index (χ0) is 16.5. The minimum atomic E-state index is 0.591. The second-order valence-corrected chi connectivity index (χ2v) is 5.07. The third-order valence-corrected chi connectivity index (χ3v) is 3.61. The van der Waals surface area contributed by atoms with Crippen LogP contribution in [-0.2, 0) is 6.42 Å². The summed E-state index contributed by atoms with van der Waals surface area (Å²) in [4.78, 5) is 0. The maximum absolute atomic E-state index is 4.42. The van der Waals surface area contributed by atoms with E-state index in [1.807, 2.05) is 12.1 Å². The van der Waals surface area contributed by atoms with Crippen molar-refractivity contribution >= 4 is 5.71 Å². The summed E-state index contributed by atoms with van der Waals surface area (Å²) >= 11 is 0. The van der Waals surface area contributed by atoms with Crippen molar-refractivity contribution in [2.75, 3.05) is 6.54 Å². The van der Waals surface area contributed by atoms with Crippen LogP contribution in [0.4, 0.5) is 0 Å². The average molecular weight is 302 g/mol. The van der Waals surface area contributed by atoms with E-state index >= 15 is 0 Å². The van der Waals surface area contributed by atoms with Gasteiger partial charge in [0, 0.05) is 5.56 Å². The Bertz CT molecular complexity index is 733. The molecule has 0 saturated heterocycles. The van der Waals surface area contributed by atoms with E-state index in [9.17, 15) is 0 Å². The molecule has 0 aliphatic carbocycles. The highest BCUT2D eigenvalue weighted by Crippen LogP contribution is 2.25. The Hall–Kier alpha value is -2.83. The van der Waals surface area contributed by atoms with Gasteiger partial charge in [-0.1, -0.05) is 68.6 Å². The summed E-state index contributed by atoms with van der Waals surface area (Å²) in [6, 6.07) is 16.9. The van der Waals surface area contributed by atoms with Gasteiger partial charge in [0.1, 0.15) is 0 Å². The summed E-state index contributed by atoms with van der Waals surface area (Å²) in [5.74, 6) is 0. The zero-order valence-corrected chi connectivity index (χ0v) is 13.5. The smallest absolute Gasteiger partial charge is 0.0902 e. The quantitative estimate of drug-likeness (QED) is 0.340. The van der Waals surface area contributed by atoms with Crippen LogP contribution in [0.25, 0.3) is 11.1 Å². The first kappa shape index (κ1) is 16.5. The molecule has 0 heterocycles. The number of nitrogens with one attached hydrogen (secondary N) is 1. The molecule has 2 nitrogen and oxygen atoms in total. The van der Waals surface area contributed by atoms with Crippen molar-refractivity contribution in [1.29, 1.82) is 0 Å². The van der Waals surface area contributed by atoms with Crippen LogP contribution in [0.3, 0.4) is 0 Å². The van der Waals surface area contributed by atoms with Gasteiger partial charge in [-0.25, -0.2) is 0 Å². The molecule has 0 aliphatic heterocycles. The van der Waals surface area contributed by atoms with E-state index in [1.54, 1.807) is 12.2 Å². The fraction of sp³-hybridized carbons (Fsp3) is 0.143. The molecule has 0 radical (unpaired) electrons. The Balaban J connectivity index is 2.38. The molecule has 0 unspecified atom stereocenters. The van der Waals surface area contributed by atoms with Crippen molar-refractivity contribution in [1.82, 2.24) is 5.43 Å². The average Bonchev–Trinajstić information content (AvgIpc) is 2.62. The standard InChI is InChI=1S/C21H22N2/c1-4-7-16-22-23-21(6-3)20-11-9-8-10-19(20)18-14-12-17(5-2)13-15-18/h6-15,22H,1,3,5,16H2,2H3/b23-21+. The molecule has 0 saturated carbocycles. The van der Waals surface area contributed by atoms with Crippen LogP contribution >= 0.6 is 0 Å². The second kappa shape index (κ2) is 8.57. The van der Waals surface area contributed by atoms with Gasteiger partial charge in [-0.2, -0.15) is 5.10 Å². The predicted octanol–water partition coefficient (Wildman–Crippen LogP) is 4.74. The fourth-order valence-electron chi connectivity index (χ4n) is 2.34. The van der Waals surface area contributed by atoms with Crippen molar-refractivity contribution < 1.29 is 0 Å². The number of hydrogen-bond acceptors (Lipinski definition) is 2. The summed E-state index contributed by atoms with van der Waals surface area (Å²) in [7, 11) is 0. The Morgan fingerprint density at radius 2 is 1.91 bits per heavy atom. The number of aryl methyl sites for hydroxylation is 1. The number of benzene rings is 2. The molecule has 0 spiro atoms. The topological polar surface area (TPSA) is 24.4 Å². The van der Waals surface area contributed by atoms with Crippen molar-refractivity contribution in [3.05, 3.63) is 90.7 Å². The van der Waals surface area contributed by atoms with Gasteiger partial charge in [-0.05, 0) is 35.3 Å². The van der Waals surface area contributed by atoms with Crippen LogP contribution in [0.15, 0.2) is 84.7 Å². The predicted molar refractivity (Wildman–Crippen MR) is 99.7 cm³/mol.